The minimum absolute atomic E-state index is 0.0304. The number of anilines is 2. The van der Waals surface area contributed by atoms with Crippen LogP contribution >= 0.6 is 0 Å². The summed E-state index contributed by atoms with van der Waals surface area (Å²) in [7, 11) is 1.63. The Morgan fingerprint density at radius 1 is 1.07 bits per heavy atom. The third-order valence-electron chi connectivity index (χ3n) is 4.98. The number of amides is 2. The van der Waals surface area contributed by atoms with E-state index in [9.17, 15) is 9.59 Å². The van der Waals surface area contributed by atoms with E-state index in [1.54, 1.807) is 49.7 Å². The average molecular weight is 406 g/mol. The molecule has 154 valence electrons. The maximum atomic E-state index is 12.8. The van der Waals surface area contributed by atoms with Crippen molar-refractivity contribution in [2.75, 3.05) is 43.5 Å². The maximum Gasteiger partial charge on any atom is 0.291 e. The van der Waals surface area contributed by atoms with Crippen LogP contribution in [-0.4, -0.2) is 55.0 Å². The van der Waals surface area contributed by atoms with Gasteiger partial charge >= 0.3 is 0 Å². The van der Waals surface area contributed by atoms with Gasteiger partial charge in [-0.3, -0.25) is 9.59 Å². The summed E-state index contributed by atoms with van der Waals surface area (Å²) < 4.78 is 10.3. The topological polar surface area (TPSA) is 87.9 Å². The molecule has 0 saturated carbocycles. The number of hydrogen-bond donors (Lipinski definition) is 1. The Bertz CT molecular complexity index is 1010. The van der Waals surface area contributed by atoms with E-state index >= 15 is 0 Å². The molecule has 0 aliphatic carbocycles. The number of pyridine rings is 1. The van der Waals surface area contributed by atoms with Gasteiger partial charge in [-0.1, -0.05) is 0 Å². The Labute approximate surface area is 174 Å². The molecule has 1 N–H and O–H groups in total. The van der Waals surface area contributed by atoms with Crippen molar-refractivity contribution < 1.29 is 18.7 Å². The van der Waals surface area contributed by atoms with Gasteiger partial charge < -0.3 is 24.3 Å². The van der Waals surface area contributed by atoms with E-state index in [1.165, 1.54) is 6.26 Å². The third kappa shape index (κ3) is 4.27. The Morgan fingerprint density at radius 2 is 1.83 bits per heavy atom. The van der Waals surface area contributed by atoms with Gasteiger partial charge in [-0.15, -0.1) is 0 Å². The zero-order valence-corrected chi connectivity index (χ0v) is 16.6. The van der Waals surface area contributed by atoms with E-state index in [1.807, 2.05) is 17.0 Å². The lowest BCUT2D eigenvalue weighted by molar-refractivity contribution is 0.0746. The SMILES string of the molecule is COc1ccnc(N2CCN(C(=O)c3ccc(NC(=O)c4ccco4)cc3)CC2)c1. The molecule has 0 bridgehead atoms. The van der Waals surface area contributed by atoms with E-state index in [-0.39, 0.29) is 17.6 Å². The number of aromatic nitrogens is 1. The number of rotatable bonds is 5. The molecule has 8 nitrogen and oxygen atoms in total. The molecule has 4 rings (SSSR count). The van der Waals surface area contributed by atoms with Gasteiger partial charge in [0, 0.05) is 49.7 Å². The first-order valence-electron chi connectivity index (χ1n) is 9.63. The highest BCUT2D eigenvalue weighted by Gasteiger charge is 2.23. The molecule has 1 aliphatic heterocycles. The number of hydrogen-bond acceptors (Lipinski definition) is 6. The smallest absolute Gasteiger partial charge is 0.291 e. The predicted molar refractivity (Wildman–Crippen MR) is 112 cm³/mol. The molecule has 30 heavy (non-hydrogen) atoms. The van der Waals surface area contributed by atoms with Crippen LogP contribution < -0.4 is 15.0 Å². The monoisotopic (exact) mass is 406 g/mol. The molecule has 0 atom stereocenters. The molecule has 8 heteroatoms. The molecule has 2 amide bonds. The molecule has 2 aromatic heterocycles. The molecule has 3 aromatic rings. The number of methoxy groups -OCH3 is 1. The highest BCUT2D eigenvalue weighted by Crippen LogP contribution is 2.20. The molecular weight excluding hydrogens is 384 g/mol. The minimum atomic E-state index is -0.332. The van der Waals surface area contributed by atoms with Crippen molar-refractivity contribution >= 4 is 23.3 Å². The van der Waals surface area contributed by atoms with Crippen LogP contribution in [0, 0.1) is 0 Å². The van der Waals surface area contributed by atoms with Gasteiger partial charge in [-0.2, -0.15) is 0 Å². The zero-order chi connectivity index (χ0) is 20.9. The van der Waals surface area contributed by atoms with Crippen LogP contribution in [0.4, 0.5) is 11.5 Å². The first-order valence-corrected chi connectivity index (χ1v) is 9.63. The molecule has 0 radical (unpaired) electrons. The van der Waals surface area contributed by atoms with Gasteiger partial charge in [0.25, 0.3) is 11.8 Å². The average Bonchev–Trinajstić information content (AvgIpc) is 3.34. The molecule has 1 saturated heterocycles. The fourth-order valence-corrected chi connectivity index (χ4v) is 3.32. The Balaban J connectivity index is 1.34. The van der Waals surface area contributed by atoms with Crippen molar-refractivity contribution in [1.82, 2.24) is 9.88 Å². The highest BCUT2D eigenvalue weighted by atomic mass is 16.5. The summed E-state index contributed by atoms with van der Waals surface area (Å²) in [5.41, 5.74) is 1.18. The number of carbonyl (C=O) groups excluding carboxylic acids is 2. The van der Waals surface area contributed by atoms with Gasteiger partial charge in [0.2, 0.25) is 0 Å². The quantitative estimate of drug-likeness (QED) is 0.701. The second-order valence-electron chi connectivity index (χ2n) is 6.84. The molecular formula is C22H22N4O4. The van der Waals surface area contributed by atoms with Gasteiger partial charge in [-0.05, 0) is 42.5 Å². The Morgan fingerprint density at radius 3 is 2.50 bits per heavy atom. The summed E-state index contributed by atoms with van der Waals surface area (Å²) in [6.45, 7) is 2.61. The summed E-state index contributed by atoms with van der Waals surface area (Å²) in [5, 5.41) is 2.74. The van der Waals surface area contributed by atoms with Crippen molar-refractivity contribution in [2.45, 2.75) is 0 Å². The van der Waals surface area contributed by atoms with Crippen molar-refractivity contribution in [3.63, 3.8) is 0 Å². The van der Waals surface area contributed by atoms with E-state index in [0.29, 0.717) is 37.4 Å². The van der Waals surface area contributed by atoms with Gasteiger partial charge in [0.1, 0.15) is 11.6 Å². The van der Waals surface area contributed by atoms with E-state index < -0.39 is 0 Å². The van der Waals surface area contributed by atoms with E-state index in [4.69, 9.17) is 9.15 Å². The number of ether oxygens (including phenoxy) is 1. The summed E-state index contributed by atoms with van der Waals surface area (Å²) >= 11 is 0. The second-order valence-corrected chi connectivity index (χ2v) is 6.84. The van der Waals surface area contributed by atoms with Crippen LogP contribution in [0.15, 0.2) is 65.4 Å². The Hall–Kier alpha value is -3.81. The molecule has 1 aromatic carbocycles. The van der Waals surface area contributed by atoms with Crippen molar-refractivity contribution in [3.05, 3.63) is 72.3 Å². The van der Waals surface area contributed by atoms with E-state index in [2.05, 4.69) is 15.2 Å². The van der Waals surface area contributed by atoms with Crippen LogP contribution in [-0.2, 0) is 0 Å². The number of piperazine rings is 1. The number of furan rings is 1. The summed E-state index contributed by atoms with van der Waals surface area (Å²) in [5.74, 6) is 1.48. The highest BCUT2D eigenvalue weighted by molar-refractivity contribution is 6.02. The zero-order valence-electron chi connectivity index (χ0n) is 16.6. The summed E-state index contributed by atoms with van der Waals surface area (Å²) in [4.78, 5) is 33.2. The molecule has 1 fully saturated rings. The second kappa shape index (κ2) is 8.69. The van der Waals surface area contributed by atoms with Crippen LogP contribution in [0.2, 0.25) is 0 Å². The normalized spacial score (nSPS) is 13.8. The lowest BCUT2D eigenvalue weighted by Crippen LogP contribution is -2.49. The summed E-state index contributed by atoms with van der Waals surface area (Å²) in [6, 6.07) is 13.8. The third-order valence-corrected chi connectivity index (χ3v) is 4.98. The number of nitrogens with one attached hydrogen (secondary N) is 1. The summed E-state index contributed by atoms with van der Waals surface area (Å²) in [6.07, 6.45) is 3.17. The number of nitrogens with zero attached hydrogens (tertiary/aromatic N) is 3. The Kier molecular flexibility index (Phi) is 5.65. The van der Waals surface area contributed by atoms with Gasteiger partial charge in [0.15, 0.2) is 5.76 Å². The largest absolute Gasteiger partial charge is 0.497 e. The van der Waals surface area contributed by atoms with Crippen molar-refractivity contribution in [2.24, 2.45) is 0 Å². The lowest BCUT2D eigenvalue weighted by Gasteiger charge is -2.35. The molecule has 0 spiro atoms. The minimum Gasteiger partial charge on any atom is -0.497 e. The van der Waals surface area contributed by atoms with Gasteiger partial charge in [0.05, 0.1) is 13.4 Å². The van der Waals surface area contributed by atoms with E-state index in [0.717, 1.165) is 11.6 Å². The number of carbonyl (C=O) groups is 2. The predicted octanol–water partition coefficient (Wildman–Crippen LogP) is 2.90. The number of benzene rings is 1. The van der Waals surface area contributed by atoms with Crippen LogP contribution in [0.5, 0.6) is 5.75 Å². The fourth-order valence-electron chi connectivity index (χ4n) is 3.32. The first-order chi connectivity index (χ1) is 14.6. The van der Waals surface area contributed by atoms with Crippen LogP contribution in [0.25, 0.3) is 0 Å². The van der Waals surface area contributed by atoms with Crippen molar-refractivity contribution in [3.8, 4) is 5.75 Å². The standard InChI is InChI=1S/C22H22N4O4/c1-29-18-8-9-23-20(15-18)25-10-12-26(13-11-25)22(28)16-4-6-17(7-5-16)24-21(27)19-3-2-14-30-19/h2-9,14-15H,10-13H2,1H3,(H,24,27). The van der Waals surface area contributed by atoms with Crippen LogP contribution in [0.1, 0.15) is 20.9 Å². The maximum absolute atomic E-state index is 12.8. The fraction of sp³-hybridized carbons (Fsp3) is 0.227. The van der Waals surface area contributed by atoms with Crippen molar-refractivity contribution in [1.29, 1.82) is 0 Å². The van der Waals surface area contributed by atoms with Gasteiger partial charge in [-0.25, -0.2) is 4.98 Å². The molecule has 0 unspecified atom stereocenters. The molecule has 3 heterocycles. The van der Waals surface area contributed by atoms with Crippen LogP contribution in [0.3, 0.4) is 0 Å². The lowest BCUT2D eigenvalue weighted by atomic mass is 10.1. The molecule has 1 aliphatic rings. The first kappa shape index (κ1) is 19.5.